The van der Waals surface area contributed by atoms with Gasteiger partial charge in [-0.05, 0) is 25.2 Å². The van der Waals surface area contributed by atoms with E-state index in [-0.39, 0.29) is 25.2 Å². The maximum Gasteiger partial charge on any atom is 0.326 e. The standard InChI is InChI=1S/C18H30N4O9/c1-9(2)7-12(17(29)21-11(18(30)31)4-6-15(26)27)22-16(28)10(3-5-14(24)25)20-13(23)8-19/h9-12H,3-8,19H2,1-2H3,(H,20,23)(H,21,29)(H,22,28)(H,24,25)(H,26,27)(H,30,31). The molecule has 13 nitrogen and oxygen atoms in total. The SMILES string of the molecule is CC(C)CC(NC(=O)C(CCC(=O)O)NC(=O)CN)C(=O)NC(CCC(=O)O)C(=O)O. The van der Waals surface area contributed by atoms with Crippen LogP contribution in [0.3, 0.4) is 0 Å². The Labute approximate surface area is 178 Å². The van der Waals surface area contributed by atoms with Crippen molar-refractivity contribution < 1.29 is 44.1 Å². The van der Waals surface area contributed by atoms with Gasteiger partial charge in [-0.25, -0.2) is 4.79 Å². The van der Waals surface area contributed by atoms with Crippen molar-refractivity contribution >= 4 is 35.6 Å². The summed E-state index contributed by atoms with van der Waals surface area (Å²) in [7, 11) is 0. The molecule has 0 aliphatic heterocycles. The van der Waals surface area contributed by atoms with Crippen molar-refractivity contribution in [2.45, 2.75) is 64.1 Å². The topological polar surface area (TPSA) is 225 Å². The number of rotatable bonds is 15. The first-order valence-electron chi connectivity index (χ1n) is 9.63. The average molecular weight is 446 g/mol. The van der Waals surface area contributed by atoms with E-state index in [0.29, 0.717) is 0 Å². The molecule has 0 rings (SSSR count). The number of carboxylic acid groups (broad SMARTS) is 3. The summed E-state index contributed by atoms with van der Waals surface area (Å²) in [6.45, 7) is 3.07. The van der Waals surface area contributed by atoms with E-state index in [0.717, 1.165) is 0 Å². The van der Waals surface area contributed by atoms with Crippen LogP contribution in [-0.2, 0) is 28.8 Å². The normalized spacial score (nSPS) is 13.5. The molecule has 0 saturated carbocycles. The second-order valence-electron chi connectivity index (χ2n) is 7.28. The highest BCUT2D eigenvalue weighted by atomic mass is 16.4. The molecule has 0 aromatic heterocycles. The predicted molar refractivity (Wildman–Crippen MR) is 106 cm³/mol. The minimum atomic E-state index is -1.48. The summed E-state index contributed by atoms with van der Waals surface area (Å²) >= 11 is 0. The van der Waals surface area contributed by atoms with Crippen molar-refractivity contribution in [3.8, 4) is 0 Å². The molecule has 3 amide bonds. The van der Waals surface area contributed by atoms with Gasteiger partial charge in [0.15, 0.2) is 0 Å². The summed E-state index contributed by atoms with van der Waals surface area (Å²) in [6, 6.07) is -3.94. The smallest absolute Gasteiger partial charge is 0.326 e. The van der Waals surface area contributed by atoms with Crippen LogP contribution in [0.25, 0.3) is 0 Å². The van der Waals surface area contributed by atoms with Gasteiger partial charge in [0, 0.05) is 12.8 Å². The maximum atomic E-state index is 12.6. The van der Waals surface area contributed by atoms with Gasteiger partial charge in [0.1, 0.15) is 18.1 Å². The number of nitrogens with one attached hydrogen (secondary N) is 3. The van der Waals surface area contributed by atoms with Gasteiger partial charge in [0.25, 0.3) is 0 Å². The second kappa shape index (κ2) is 13.9. The summed E-state index contributed by atoms with van der Waals surface area (Å²) in [6.07, 6.45) is -1.41. The van der Waals surface area contributed by atoms with Crippen LogP contribution in [0.4, 0.5) is 0 Å². The van der Waals surface area contributed by atoms with Crippen LogP contribution in [0, 0.1) is 5.92 Å². The molecule has 3 unspecified atom stereocenters. The minimum Gasteiger partial charge on any atom is -0.481 e. The molecule has 0 fully saturated rings. The van der Waals surface area contributed by atoms with Crippen LogP contribution in [-0.4, -0.2) is 75.6 Å². The molecule has 13 heteroatoms. The van der Waals surface area contributed by atoms with Gasteiger partial charge >= 0.3 is 17.9 Å². The van der Waals surface area contributed by atoms with Crippen LogP contribution in [0.15, 0.2) is 0 Å². The highest BCUT2D eigenvalue weighted by molar-refractivity contribution is 5.93. The quantitative estimate of drug-likeness (QED) is 0.150. The van der Waals surface area contributed by atoms with Gasteiger partial charge in [-0.2, -0.15) is 0 Å². The summed E-state index contributed by atoms with van der Waals surface area (Å²) in [5.41, 5.74) is 5.20. The fourth-order valence-electron chi connectivity index (χ4n) is 2.56. The van der Waals surface area contributed by atoms with Crippen molar-refractivity contribution in [3.63, 3.8) is 0 Å². The molecule has 0 aromatic rings. The molecule has 3 atom stereocenters. The van der Waals surface area contributed by atoms with Crippen LogP contribution < -0.4 is 21.7 Å². The van der Waals surface area contributed by atoms with Crippen molar-refractivity contribution in [2.24, 2.45) is 11.7 Å². The zero-order valence-electron chi connectivity index (χ0n) is 17.4. The Bertz CT molecular complexity index is 681. The van der Waals surface area contributed by atoms with Gasteiger partial charge in [-0.1, -0.05) is 13.8 Å². The number of amides is 3. The number of nitrogens with two attached hydrogens (primary N) is 1. The lowest BCUT2D eigenvalue weighted by molar-refractivity contribution is -0.143. The van der Waals surface area contributed by atoms with E-state index in [1.54, 1.807) is 13.8 Å². The Balaban J connectivity index is 5.39. The Morgan fingerprint density at radius 2 is 1.19 bits per heavy atom. The lowest BCUT2D eigenvalue weighted by Gasteiger charge is -2.25. The third-order valence-corrected chi connectivity index (χ3v) is 4.09. The number of hydrogen-bond donors (Lipinski definition) is 7. The zero-order chi connectivity index (χ0) is 24.1. The third-order valence-electron chi connectivity index (χ3n) is 4.09. The van der Waals surface area contributed by atoms with Crippen molar-refractivity contribution in [3.05, 3.63) is 0 Å². The van der Waals surface area contributed by atoms with Crippen molar-refractivity contribution in [1.29, 1.82) is 0 Å². The third kappa shape index (κ3) is 12.2. The molecule has 0 aliphatic rings. The summed E-state index contributed by atoms with van der Waals surface area (Å²) < 4.78 is 0. The first-order valence-corrected chi connectivity index (χ1v) is 9.63. The predicted octanol–water partition coefficient (Wildman–Crippen LogP) is -1.74. The minimum absolute atomic E-state index is 0.102. The number of carbonyl (C=O) groups excluding carboxylic acids is 3. The van der Waals surface area contributed by atoms with E-state index in [1.807, 2.05) is 0 Å². The second-order valence-corrected chi connectivity index (χ2v) is 7.28. The summed E-state index contributed by atoms with van der Waals surface area (Å²) in [5, 5.41) is 33.7. The van der Waals surface area contributed by atoms with Crippen molar-refractivity contribution in [1.82, 2.24) is 16.0 Å². The first-order chi connectivity index (χ1) is 14.4. The molecular formula is C18H30N4O9. The van der Waals surface area contributed by atoms with Gasteiger partial charge < -0.3 is 37.0 Å². The highest BCUT2D eigenvalue weighted by Gasteiger charge is 2.30. The van der Waals surface area contributed by atoms with E-state index in [1.165, 1.54) is 0 Å². The van der Waals surface area contributed by atoms with Gasteiger partial charge in [0.2, 0.25) is 17.7 Å². The van der Waals surface area contributed by atoms with E-state index in [9.17, 15) is 33.9 Å². The lowest BCUT2D eigenvalue weighted by Crippen LogP contribution is -2.56. The molecule has 0 aliphatic carbocycles. The average Bonchev–Trinajstić information content (AvgIpc) is 2.66. The van der Waals surface area contributed by atoms with E-state index < -0.39 is 73.1 Å². The number of carbonyl (C=O) groups is 6. The van der Waals surface area contributed by atoms with Crippen LogP contribution in [0.5, 0.6) is 0 Å². The van der Waals surface area contributed by atoms with Crippen LogP contribution >= 0.6 is 0 Å². The molecule has 0 bridgehead atoms. The van der Waals surface area contributed by atoms with Gasteiger partial charge in [-0.3, -0.25) is 24.0 Å². The number of carboxylic acids is 3. The van der Waals surface area contributed by atoms with E-state index in [4.69, 9.17) is 15.9 Å². The zero-order valence-corrected chi connectivity index (χ0v) is 17.4. The van der Waals surface area contributed by atoms with Gasteiger partial charge in [-0.15, -0.1) is 0 Å². The summed E-state index contributed by atoms with van der Waals surface area (Å²) in [5.74, 6) is -6.34. The van der Waals surface area contributed by atoms with Crippen LogP contribution in [0.1, 0.15) is 46.0 Å². The fourth-order valence-corrected chi connectivity index (χ4v) is 2.56. The molecule has 176 valence electrons. The fraction of sp³-hybridized carbons (Fsp3) is 0.667. The maximum absolute atomic E-state index is 12.6. The molecule has 8 N–H and O–H groups in total. The number of hydrogen-bond acceptors (Lipinski definition) is 7. The largest absolute Gasteiger partial charge is 0.481 e. The molecule has 31 heavy (non-hydrogen) atoms. The van der Waals surface area contributed by atoms with Gasteiger partial charge in [0.05, 0.1) is 6.54 Å². The lowest BCUT2D eigenvalue weighted by atomic mass is 10.0. The molecule has 0 spiro atoms. The molecule has 0 saturated heterocycles. The number of aliphatic carboxylic acids is 3. The first kappa shape index (κ1) is 27.8. The Morgan fingerprint density at radius 3 is 1.61 bits per heavy atom. The Morgan fingerprint density at radius 1 is 0.742 bits per heavy atom. The van der Waals surface area contributed by atoms with E-state index >= 15 is 0 Å². The molecule has 0 heterocycles. The Kier molecular flexibility index (Phi) is 12.5. The van der Waals surface area contributed by atoms with E-state index in [2.05, 4.69) is 16.0 Å². The molecule has 0 radical (unpaired) electrons. The Hall–Kier alpha value is -3.22. The monoisotopic (exact) mass is 446 g/mol. The highest BCUT2D eigenvalue weighted by Crippen LogP contribution is 2.08. The molecular weight excluding hydrogens is 416 g/mol. The van der Waals surface area contributed by atoms with Crippen LogP contribution in [0.2, 0.25) is 0 Å². The van der Waals surface area contributed by atoms with Crippen molar-refractivity contribution in [2.75, 3.05) is 6.54 Å². The molecule has 0 aromatic carbocycles. The summed E-state index contributed by atoms with van der Waals surface area (Å²) in [4.78, 5) is 69.6.